The quantitative estimate of drug-likeness (QED) is 0.140. The summed E-state index contributed by atoms with van der Waals surface area (Å²) in [5.41, 5.74) is 0.824. The number of rotatable bonds is 8. The summed E-state index contributed by atoms with van der Waals surface area (Å²) in [6.07, 6.45) is 13.6. The van der Waals surface area contributed by atoms with Crippen molar-refractivity contribution in [2.45, 2.75) is 123 Å². The van der Waals surface area contributed by atoms with E-state index in [4.69, 9.17) is 9.47 Å². The van der Waals surface area contributed by atoms with Crippen LogP contribution in [0.4, 0.5) is 5.69 Å². The Morgan fingerprint density at radius 1 is 1.05 bits per heavy atom. The van der Waals surface area contributed by atoms with E-state index in [1.807, 2.05) is 0 Å². The minimum absolute atomic E-state index is 0.0207. The Bertz CT molecular complexity index is 1130. The fourth-order valence-corrected chi connectivity index (χ4v) is 10.7. The van der Waals surface area contributed by atoms with Crippen molar-refractivity contribution in [3.8, 4) is 0 Å². The van der Waals surface area contributed by atoms with Gasteiger partial charge in [-0.15, -0.1) is 0 Å². The van der Waals surface area contributed by atoms with Gasteiger partial charge in [0, 0.05) is 24.0 Å². The van der Waals surface area contributed by atoms with Crippen LogP contribution in [0.2, 0.25) is 0 Å². The summed E-state index contributed by atoms with van der Waals surface area (Å²) < 4.78 is 12.7. The van der Waals surface area contributed by atoms with Crippen molar-refractivity contribution in [2.24, 2.45) is 46.3 Å². The number of nitrogens with zero attached hydrogens (tertiary/aromatic N) is 1. The molecule has 0 amide bonds. The summed E-state index contributed by atoms with van der Waals surface area (Å²) in [6.45, 7) is 12.4. The maximum Gasteiger partial charge on any atom is 0.338 e. The van der Waals surface area contributed by atoms with Gasteiger partial charge in [0.2, 0.25) is 0 Å². The zero-order valence-electron chi connectivity index (χ0n) is 25.2. The number of carbonyl (C=O) groups excluding carboxylic acids is 1. The Kier molecular flexibility index (Phi) is 7.12. The van der Waals surface area contributed by atoms with Gasteiger partial charge in [-0.2, -0.15) is 0 Å². The van der Waals surface area contributed by atoms with Crippen LogP contribution in [0.15, 0.2) is 24.3 Å². The highest BCUT2D eigenvalue weighted by atomic mass is 16.6. The minimum Gasteiger partial charge on any atom is -0.459 e. The third-order valence-electron chi connectivity index (χ3n) is 12.8. The van der Waals surface area contributed by atoms with Gasteiger partial charge >= 0.3 is 5.97 Å². The first kappa shape index (κ1) is 28.2. The summed E-state index contributed by atoms with van der Waals surface area (Å²) >= 11 is 0. The van der Waals surface area contributed by atoms with E-state index < -0.39 is 10.9 Å². The van der Waals surface area contributed by atoms with Crippen molar-refractivity contribution in [3.05, 3.63) is 39.9 Å². The number of epoxide rings is 1. The van der Waals surface area contributed by atoms with Crippen molar-refractivity contribution >= 4 is 11.7 Å². The van der Waals surface area contributed by atoms with Gasteiger partial charge in [-0.05, 0) is 98.0 Å². The highest BCUT2D eigenvalue weighted by molar-refractivity contribution is 5.89. The first-order valence-corrected chi connectivity index (χ1v) is 16.1. The monoisotopic (exact) mass is 551 g/mol. The third kappa shape index (κ3) is 4.42. The first-order valence-electron chi connectivity index (χ1n) is 16.1. The second-order valence-electron chi connectivity index (χ2n) is 15.1. The van der Waals surface area contributed by atoms with Crippen LogP contribution < -0.4 is 0 Å². The lowest BCUT2D eigenvalue weighted by Crippen LogP contribution is -2.59. The summed E-state index contributed by atoms with van der Waals surface area (Å²) in [5.74, 6) is 4.38. The molecule has 1 saturated heterocycles. The third-order valence-corrected chi connectivity index (χ3v) is 12.8. The van der Waals surface area contributed by atoms with Crippen LogP contribution in [0.1, 0.15) is 116 Å². The molecule has 1 aromatic carbocycles. The normalized spacial score (nSPS) is 42.2. The zero-order chi connectivity index (χ0) is 28.4. The van der Waals surface area contributed by atoms with Gasteiger partial charge in [-0.1, -0.05) is 53.9 Å². The number of non-ortho nitro benzene ring substituents is 1. The molecule has 0 N–H and O–H groups in total. The van der Waals surface area contributed by atoms with Crippen LogP contribution in [-0.4, -0.2) is 28.7 Å². The SMILES string of the molecule is CC(C)CCC[C@H](C)[C@@H]1CC[C@@H]2[C@@H]3C[C@@H]4O[C@@]45C[C@H](OC(=O)c4ccc([N+](=O)[O-])cc4)CC[C@]5(C)[C@H]3CC[C@]21C. The van der Waals surface area contributed by atoms with Crippen LogP contribution in [0.25, 0.3) is 0 Å². The molecular formula is C34H49NO5. The molecule has 4 saturated carbocycles. The molecule has 1 spiro atoms. The van der Waals surface area contributed by atoms with Crippen LogP contribution in [0.3, 0.4) is 0 Å². The van der Waals surface area contributed by atoms with Gasteiger partial charge in [0.05, 0.1) is 16.6 Å². The van der Waals surface area contributed by atoms with Crippen molar-refractivity contribution in [3.63, 3.8) is 0 Å². The Balaban J connectivity index is 1.12. The Morgan fingerprint density at radius 2 is 1.80 bits per heavy atom. The van der Waals surface area contributed by atoms with Crippen LogP contribution in [0.5, 0.6) is 0 Å². The number of hydrogen-bond donors (Lipinski definition) is 0. The lowest BCUT2D eigenvalue weighted by atomic mass is 9.44. The van der Waals surface area contributed by atoms with E-state index in [9.17, 15) is 14.9 Å². The average Bonchev–Trinajstić information content (AvgIpc) is 3.49. The van der Waals surface area contributed by atoms with E-state index in [2.05, 4.69) is 34.6 Å². The zero-order valence-corrected chi connectivity index (χ0v) is 25.2. The molecule has 6 rings (SSSR count). The van der Waals surface area contributed by atoms with Gasteiger partial charge < -0.3 is 9.47 Å². The van der Waals surface area contributed by atoms with Crippen molar-refractivity contribution in [1.82, 2.24) is 0 Å². The van der Waals surface area contributed by atoms with E-state index >= 15 is 0 Å². The molecule has 220 valence electrons. The van der Waals surface area contributed by atoms with Gasteiger partial charge in [0.15, 0.2) is 0 Å². The fourth-order valence-electron chi connectivity index (χ4n) is 10.7. The average molecular weight is 552 g/mol. The molecule has 4 aliphatic carbocycles. The van der Waals surface area contributed by atoms with E-state index in [1.165, 1.54) is 75.6 Å². The highest BCUT2D eigenvalue weighted by Gasteiger charge is 2.76. The number of ether oxygens (including phenoxy) is 2. The molecule has 0 unspecified atom stereocenters. The number of carbonyl (C=O) groups is 1. The smallest absolute Gasteiger partial charge is 0.338 e. The molecule has 5 aliphatic rings. The second kappa shape index (κ2) is 10.1. The van der Waals surface area contributed by atoms with Crippen molar-refractivity contribution < 1.29 is 19.2 Å². The molecule has 40 heavy (non-hydrogen) atoms. The van der Waals surface area contributed by atoms with Crippen LogP contribution >= 0.6 is 0 Å². The maximum atomic E-state index is 12.9. The summed E-state index contributed by atoms with van der Waals surface area (Å²) in [5, 5.41) is 11.0. The minimum atomic E-state index is -0.453. The predicted octanol–water partition coefficient (Wildman–Crippen LogP) is 8.37. The largest absolute Gasteiger partial charge is 0.459 e. The van der Waals surface area contributed by atoms with Gasteiger partial charge in [0.1, 0.15) is 11.7 Å². The number of esters is 1. The molecule has 6 nitrogen and oxygen atoms in total. The number of nitro benzene ring substituents is 1. The Morgan fingerprint density at radius 3 is 2.50 bits per heavy atom. The number of fused-ring (bicyclic) bond motifs is 4. The molecule has 1 heterocycles. The molecular weight excluding hydrogens is 502 g/mol. The number of benzene rings is 1. The van der Waals surface area contributed by atoms with Gasteiger partial charge in [0.25, 0.3) is 5.69 Å². The fraction of sp³-hybridized carbons (Fsp3) is 0.794. The molecule has 0 aromatic heterocycles. The van der Waals surface area contributed by atoms with Crippen LogP contribution in [0, 0.1) is 56.5 Å². The second-order valence-corrected chi connectivity index (χ2v) is 15.1. The maximum absolute atomic E-state index is 12.9. The van der Waals surface area contributed by atoms with E-state index in [0.717, 1.165) is 48.9 Å². The number of nitro groups is 1. The Hall–Kier alpha value is -1.95. The molecule has 10 atom stereocenters. The van der Waals surface area contributed by atoms with Crippen molar-refractivity contribution in [1.29, 1.82) is 0 Å². The number of hydrogen-bond acceptors (Lipinski definition) is 5. The molecule has 0 radical (unpaired) electrons. The van der Waals surface area contributed by atoms with Crippen molar-refractivity contribution in [2.75, 3.05) is 0 Å². The van der Waals surface area contributed by atoms with Crippen LogP contribution in [-0.2, 0) is 9.47 Å². The Labute approximate surface area is 240 Å². The highest BCUT2D eigenvalue weighted by Crippen LogP contribution is 2.74. The summed E-state index contributed by atoms with van der Waals surface area (Å²) in [4.78, 5) is 23.4. The van der Waals surface area contributed by atoms with Gasteiger partial charge in [-0.25, -0.2) is 4.79 Å². The molecule has 6 heteroatoms. The standard InChI is InChI=1S/C34H49NO5/c1-21(2)7-6-8-22(3)27-13-14-28-26-19-30-34(40-30)20-25(15-18-33(34,5)29(26)16-17-32(27,28)4)39-31(36)23-9-11-24(12-10-23)35(37)38/h9-12,21-22,25-30H,6-8,13-20H2,1-5H3/t22-,25+,26-,27-,28+,29-,30-,32-,33+,34-/m0/s1. The van der Waals surface area contributed by atoms with E-state index in [1.54, 1.807) is 0 Å². The summed E-state index contributed by atoms with van der Waals surface area (Å²) in [7, 11) is 0. The predicted molar refractivity (Wildman–Crippen MR) is 155 cm³/mol. The lowest BCUT2D eigenvalue weighted by Gasteiger charge is -2.59. The topological polar surface area (TPSA) is 82.0 Å². The molecule has 0 bridgehead atoms. The van der Waals surface area contributed by atoms with E-state index in [-0.39, 0.29) is 22.8 Å². The summed E-state index contributed by atoms with van der Waals surface area (Å²) in [6, 6.07) is 5.72. The first-order chi connectivity index (χ1) is 19.0. The molecule has 1 aromatic rings. The molecule has 1 aliphatic heterocycles. The lowest BCUT2D eigenvalue weighted by molar-refractivity contribution is -0.384. The molecule has 5 fully saturated rings. The van der Waals surface area contributed by atoms with Gasteiger partial charge in [-0.3, -0.25) is 10.1 Å². The van der Waals surface area contributed by atoms with E-state index in [0.29, 0.717) is 23.0 Å².